The highest BCUT2D eigenvalue weighted by Gasteiger charge is 2.19. The standard InChI is InChI=1S/C18H17NO6/c1-23-14-6-3-2-5-11(14)17(20)19-13-10-16-15(9-12(13)18(21)22)24-7-4-8-25-16/h2-3,5-6,9-10H,4,7-8H2,1H3,(H,19,20)(H,21,22)/p-1. The normalized spacial score (nSPS) is 12.8. The predicted molar refractivity (Wildman–Crippen MR) is 87.3 cm³/mol. The van der Waals surface area contributed by atoms with Gasteiger partial charge in [0.05, 0.1) is 37.5 Å². The van der Waals surface area contributed by atoms with Crippen LogP contribution in [0, 0.1) is 0 Å². The lowest BCUT2D eigenvalue weighted by Gasteiger charge is -2.16. The Bertz CT molecular complexity index is 817. The van der Waals surface area contributed by atoms with Gasteiger partial charge in [0.2, 0.25) is 0 Å². The van der Waals surface area contributed by atoms with Gasteiger partial charge in [-0.3, -0.25) is 4.79 Å². The van der Waals surface area contributed by atoms with Crippen LogP contribution in [-0.2, 0) is 0 Å². The van der Waals surface area contributed by atoms with Crippen LogP contribution in [0.5, 0.6) is 17.2 Å². The second-order valence-corrected chi connectivity index (χ2v) is 5.34. The molecule has 1 aliphatic rings. The Balaban J connectivity index is 1.97. The summed E-state index contributed by atoms with van der Waals surface area (Å²) in [5.74, 6) is -0.866. The first-order valence-electron chi connectivity index (χ1n) is 7.69. The first-order chi connectivity index (χ1) is 12.1. The molecular weight excluding hydrogens is 326 g/mol. The van der Waals surface area contributed by atoms with Crippen LogP contribution in [0.1, 0.15) is 27.1 Å². The SMILES string of the molecule is COc1ccccc1C(=O)Nc1cc2c(cc1C(=O)[O-])OCCCO2. The molecule has 2 aromatic rings. The number of amides is 1. The molecule has 0 aliphatic carbocycles. The van der Waals surface area contributed by atoms with Gasteiger partial charge in [-0.2, -0.15) is 0 Å². The summed E-state index contributed by atoms with van der Waals surface area (Å²) in [4.78, 5) is 24.0. The molecule has 0 radical (unpaired) electrons. The highest BCUT2D eigenvalue weighted by molar-refractivity contribution is 6.09. The molecule has 7 heteroatoms. The smallest absolute Gasteiger partial charge is 0.259 e. The molecule has 0 aromatic heterocycles. The Hall–Kier alpha value is -3.22. The van der Waals surface area contributed by atoms with Gasteiger partial charge in [-0.05, 0) is 18.2 Å². The van der Waals surface area contributed by atoms with Gasteiger partial charge in [0.25, 0.3) is 5.91 Å². The van der Waals surface area contributed by atoms with E-state index in [1.54, 1.807) is 24.3 Å². The van der Waals surface area contributed by atoms with Crippen molar-refractivity contribution in [1.82, 2.24) is 0 Å². The number of benzene rings is 2. The number of carboxylic acids is 1. The molecule has 1 heterocycles. The van der Waals surface area contributed by atoms with E-state index in [9.17, 15) is 14.7 Å². The third kappa shape index (κ3) is 3.50. The van der Waals surface area contributed by atoms with E-state index in [0.29, 0.717) is 36.9 Å². The molecule has 2 aromatic carbocycles. The Kier molecular flexibility index (Phi) is 4.74. The number of ether oxygens (including phenoxy) is 3. The second kappa shape index (κ2) is 7.12. The van der Waals surface area contributed by atoms with Gasteiger partial charge in [0, 0.05) is 18.1 Å². The van der Waals surface area contributed by atoms with E-state index >= 15 is 0 Å². The summed E-state index contributed by atoms with van der Waals surface area (Å²) in [6.07, 6.45) is 0.679. The molecule has 3 rings (SSSR count). The zero-order chi connectivity index (χ0) is 17.8. The van der Waals surface area contributed by atoms with E-state index in [2.05, 4.69) is 5.32 Å². The average molecular weight is 342 g/mol. The molecular formula is C18H16NO6-. The molecule has 0 fully saturated rings. The number of rotatable bonds is 4. The van der Waals surface area contributed by atoms with Gasteiger partial charge < -0.3 is 29.4 Å². The summed E-state index contributed by atoms with van der Waals surface area (Å²) in [6.45, 7) is 0.865. The second-order valence-electron chi connectivity index (χ2n) is 5.34. The van der Waals surface area contributed by atoms with E-state index in [1.165, 1.54) is 19.2 Å². The van der Waals surface area contributed by atoms with Crippen LogP contribution in [0.3, 0.4) is 0 Å². The number of hydrogen-bond donors (Lipinski definition) is 1. The number of carbonyl (C=O) groups excluding carboxylic acids is 2. The number of fused-ring (bicyclic) bond motifs is 1. The van der Waals surface area contributed by atoms with Crippen LogP contribution < -0.4 is 24.6 Å². The topological polar surface area (TPSA) is 96.9 Å². The number of hydrogen-bond acceptors (Lipinski definition) is 6. The van der Waals surface area contributed by atoms with Crippen molar-refractivity contribution in [2.24, 2.45) is 0 Å². The molecule has 7 nitrogen and oxygen atoms in total. The molecule has 0 unspecified atom stereocenters. The maximum absolute atomic E-state index is 12.5. The Morgan fingerprint density at radius 3 is 2.44 bits per heavy atom. The van der Waals surface area contributed by atoms with Crippen LogP contribution >= 0.6 is 0 Å². The zero-order valence-electron chi connectivity index (χ0n) is 13.5. The number of carboxylic acid groups (broad SMARTS) is 1. The molecule has 1 aliphatic heterocycles. The van der Waals surface area contributed by atoms with Gasteiger partial charge in [-0.25, -0.2) is 0 Å². The molecule has 0 bridgehead atoms. The maximum atomic E-state index is 12.5. The van der Waals surface area contributed by atoms with Gasteiger partial charge in [-0.15, -0.1) is 0 Å². The summed E-state index contributed by atoms with van der Waals surface area (Å²) in [5, 5.41) is 14.0. The molecule has 0 spiro atoms. The van der Waals surface area contributed by atoms with E-state index in [1.807, 2.05) is 0 Å². The van der Waals surface area contributed by atoms with Crippen molar-refractivity contribution >= 4 is 17.6 Å². The molecule has 1 amide bonds. The molecule has 0 saturated carbocycles. The van der Waals surface area contributed by atoms with Crippen molar-refractivity contribution in [3.8, 4) is 17.2 Å². The van der Waals surface area contributed by atoms with Crippen molar-refractivity contribution in [3.63, 3.8) is 0 Å². The number of aromatic carboxylic acids is 1. The highest BCUT2D eigenvalue weighted by Crippen LogP contribution is 2.35. The third-order valence-electron chi connectivity index (χ3n) is 3.71. The van der Waals surface area contributed by atoms with Crippen molar-refractivity contribution in [2.75, 3.05) is 25.6 Å². The van der Waals surface area contributed by atoms with Gasteiger partial charge >= 0.3 is 0 Å². The minimum absolute atomic E-state index is 0.0696. The summed E-state index contributed by atoms with van der Waals surface area (Å²) in [6, 6.07) is 9.37. The van der Waals surface area contributed by atoms with E-state index in [-0.39, 0.29) is 16.8 Å². The lowest BCUT2D eigenvalue weighted by Crippen LogP contribution is -2.25. The number of para-hydroxylation sites is 1. The Labute approximate surface area is 144 Å². The highest BCUT2D eigenvalue weighted by atomic mass is 16.5. The van der Waals surface area contributed by atoms with Crippen LogP contribution in [0.2, 0.25) is 0 Å². The molecule has 0 saturated heterocycles. The largest absolute Gasteiger partial charge is 0.545 e. The quantitative estimate of drug-likeness (QED) is 0.904. The van der Waals surface area contributed by atoms with Crippen molar-refractivity contribution in [2.45, 2.75) is 6.42 Å². The number of nitrogens with one attached hydrogen (secondary N) is 1. The molecule has 1 N–H and O–H groups in total. The Morgan fingerprint density at radius 1 is 1.08 bits per heavy atom. The van der Waals surface area contributed by atoms with Gasteiger partial charge in [-0.1, -0.05) is 12.1 Å². The number of anilines is 1. The summed E-state index contributed by atoms with van der Waals surface area (Å²) in [7, 11) is 1.45. The van der Waals surface area contributed by atoms with E-state index in [4.69, 9.17) is 14.2 Å². The average Bonchev–Trinajstić information content (AvgIpc) is 2.85. The van der Waals surface area contributed by atoms with Crippen LogP contribution in [-0.4, -0.2) is 32.2 Å². The summed E-state index contributed by atoms with van der Waals surface area (Å²) < 4.78 is 16.2. The third-order valence-corrected chi connectivity index (χ3v) is 3.71. The van der Waals surface area contributed by atoms with Crippen LogP contribution in [0.15, 0.2) is 36.4 Å². The predicted octanol–water partition coefficient (Wildman–Crippen LogP) is 1.47. The van der Waals surface area contributed by atoms with E-state index in [0.717, 1.165) is 0 Å². The first-order valence-corrected chi connectivity index (χ1v) is 7.69. The fourth-order valence-corrected chi connectivity index (χ4v) is 2.50. The number of methoxy groups -OCH3 is 1. The van der Waals surface area contributed by atoms with Gasteiger partial charge in [0.15, 0.2) is 11.5 Å². The minimum atomic E-state index is -1.43. The lowest BCUT2D eigenvalue weighted by atomic mass is 10.1. The van der Waals surface area contributed by atoms with Crippen LogP contribution in [0.4, 0.5) is 5.69 Å². The lowest BCUT2D eigenvalue weighted by molar-refractivity contribution is -0.254. The van der Waals surface area contributed by atoms with Crippen molar-refractivity contribution in [3.05, 3.63) is 47.5 Å². The first kappa shape index (κ1) is 16.6. The zero-order valence-corrected chi connectivity index (χ0v) is 13.5. The Morgan fingerprint density at radius 2 is 1.76 bits per heavy atom. The number of carbonyl (C=O) groups is 2. The molecule has 130 valence electrons. The monoisotopic (exact) mass is 342 g/mol. The molecule has 25 heavy (non-hydrogen) atoms. The van der Waals surface area contributed by atoms with Crippen LogP contribution in [0.25, 0.3) is 0 Å². The fourth-order valence-electron chi connectivity index (χ4n) is 2.50. The van der Waals surface area contributed by atoms with Gasteiger partial charge in [0.1, 0.15) is 5.75 Å². The van der Waals surface area contributed by atoms with E-state index < -0.39 is 11.9 Å². The van der Waals surface area contributed by atoms with Crippen molar-refractivity contribution in [1.29, 1.82) is 0 Å². The maximum Gasteiger partial charge on any atom is 0.259 e. The fraction of sp³-hybridized carbons (Fsp3) is 0.222. The summed E-state index contributed by atoms with van der Waals surface area (Å²) in [5.41, 5.74) is 0.161. The van der Waals surface area contributed by atoms with Crippen molar-refractivity contribution < 1.29 is 28.9 Å². The molecule has 0 atom stereocenters. The minimum Gasteiger partial charge on any atom is -0.545 e. The summed E-state index contributed by atoms with van der Waals surface area (Å²) >= 11 is 0.